The minimum absolute atomic E-state index is 0.0559. The highest BCUT2D eigenvalue weighted by molar-refractivity contribution is 7.14. The number of nitrogens with zero attached hydrogens (tertiary/aromatic N) is 2. The Kier molecular flexibility index (Phi) is 4.68. The Balaban J connectivity index is 1.60. The second-order valence-electron chi connectivity index (χ2n) is 4.96. The van der Waals surface area contributed by atoms with Crippen LogP contribution in [0.2, 0.25) is 0 Å². The normalized spacial score (nSPS) is 10.5. The van der Waals surface area contributed by atoms with Crippen LogP contribution in [0.25, 0.3) is 10.7 Å². The summed E-state index contributed by atoms with van der Waals surface area (Å²) in [6.45, 7) is 3.86. The van der Waals surface area contributed by atoms with Gasteiger partial charge in [0.2, 0.25) is 5.13 Å². The predicted octanol–water partition coefficient (Wildman–Crippen LogP) is 3.90. The molecule has 1 aromatic carbocycles. The van der Waals surface area contributed by atoms with Gasteiger partial charge in [-0.15, -0.1) is 11.3 Å². The maximum atomic E-state index is 12.0. The third kappa shape index (κ3) is 3.75. The fourth-order valence-corrected chi connectivity index (χ4v) is 3.41. The molecular weight excluding hydrogens is 330 g/mol. The van der Waals surface area contributed by atoms with Crippen LogP contribution in [0.5, 0.6) is 5.75 Å². The van der Waals surface area contributed by atoms with E-state index in [1.54, 1.807) is 11.3 Å². The first-order valence-electron chi connectivity index (χ1n) is 7.00. The number of hydrogen-bond acceptors (Lipinski definition) is 6. The summed E-state index contributed by atoms with van der Waals surface area (Å²) in [5, 5.41) is 5.16. The van der Waals surface area contributed by atoms with E-state index >= 15 is 0 Å². The van der Waals surface area contributed by atoms with Gasteiger partial charge < -0.3 is 4.74 Å². The van der Waals surface area contributed by atoms with Crippen molar-refractivity contribution in [2.24, 2.45) is 0 Å². The van der Waals surface area contributed by atoms with E-state index in [1.165, 1.54) is 0 Å². The van der Waals surface area contributed by atoms with Crippen molar-refractivity contribution in [2.45, 2.75) is 13.8 Å². The third-order valence-electron chi connectivity index (χ3n) is 3.17. The van der Waals surface area contributed by atoms with Gasteiger partial charge in [0.25, 0.3) is 5.91 Å². The number of aromatic nitrogens is 2. The molecule has 0 radical (unpaired) electrons. The number of hydrogen-bond donors (Lipinski definition) is 1. The zero-order chi connectivity index (χ0) is 16.2. The lowest BCUT2D eigenvalue weighted by molar-refractivity contribution is -0.118. The van der Waals surface area contributed by atoms with Crippen LogP contribution >= 0.6 is 22.9 Å². The lowest BCUT2D eigenvalue weighted by Crippen LogP contribution is -2.20. The SMILES string of the molecule is Cc1cccc(C)c1OCC(=O)Nc1nc(-c2cccs2)ns1. The molecule has 0 aliphatic rings. The van der Waals surface area contributed by atoms with Gasteiger partial charge in [0.1, 0.15) is 5.75 Å². The molecule has 0 spiro atoms. The zero-order valence-corrected chi connectivity index (χ0v) is 14.3. The molecule has 1 amide bonds. The summed E-state index contributed by atoms with van der Waals surface area (Å²) in [7, 11) is 0. The number of nitrogens with one attached hydrogen (secondary N) is 1. The van der Waals surface area contributed by atoms with Gasteiger partial charge >= 0.3 is 0 Å². The van der Waals surface area contributed by atoms with Crippen LogP contribution in [0.3, 0.4) is 0 Å². The summed E-state index contributed by atoms with van der Waals surface area (Å²) in [6, 6.07) is 9.77. The number of carbonyl (C=O) groups is 1. The predicted molar refractivity (Wildman–Crippen MR) is 93.3 cm³/mol. The zero-order valence-electron chi connectivity index (χ0n) is 12.7. The molecule has 3 rings (SSSR count). The molecule has 3 aromatic rings. The van der Waals surface area contributed by atoms with Crippen molar-refractivity contribution in [3.05, 3.63) is 46.8 Å². The van der Waals surface area contributed by atoms with E-state index in [-0.39, 0.29) is 12.5 Å². The molecule has 0 atom stereocenters. The molecular formula is C16H15N3O2S2. The van der Waals surface area contributed by atoms with Crippen molar-refractivity contribution in [1.82, 2.24) is 9.36 Å². The van der Waals surface area contributed by atoms with Crippen LogP contribution in [0.15, 0.2) is 35.7 Å². The van der Waals surface area contributed by atoms with E-state index in [0.717, 1.165) is 33.3 Å². The average molecular weight is 345 g/mol. The molecule has 2 aromatic heterocycles. The molecule has 0 aliphatic carbocycles. The van der Waals surface area contributed by atoms with Gasteiger partial charge in [-0.2, -0.15) is 9.36 Å². The number of para-hydroxylation sites is 1. The fourth-order valence-electron chi connectivity index (χ4n) is 2.10. The van der Waals surface area contributed by atoms with Gasteiger partial charge in [0.05, 0.1) is 4.88 Å². The number of benzene rings is 1. The quantitative estimate of drug-likeness (QED) is 0.762. The summed E-state index contributed by atoms with van der Waals surface area (Å²) < 4.78 is 9.87. The molecule has 23 heavy (non-hydrogen) atoms. The van der Waals surface area contributed by atoms with Crippen molar-refractivity contribution in [1.29, 1.82) is 0 Å². The lowest BCUT2D eigenvalue weighted by atomic mass is 10.1. The van der Waals surface area contributed by atoms with E-state index in [4.69, 9.17) is 4.74 Å². The van der Waals surface area contributed by atoms with Crippen molar-refractivity contribution < 1.29 is 9.53 Å². The monoisotopic (exact) mass is 345 g/mol. The average Bonchev–Trinajstić information content (AvgIpc) is 3.17. The molecule has 5 nitrogen and oxygen atoms in total. The van der Waals surface area contributed by atoms with E-state index in [0.29, 0.717) is 11.0 Å². The molecule has 7 heteroatoms. The van der Waals surface area contributed by atoms with Crippen LogP contribution < -0.4 is 10.1 Å². The second-order valence-corrected chi connectivity index (χ2v) is 6.66. The Morgan fingerprint density at radius 2 is 2.00 bits per heavy atom. The van der Waals surface area contributed by atoms with Crippen molar-refractivity contribution in [3.63, 3.8) is 0 Å². The lowest BCUT2D eigenvalue weighted by Gasteiger charge is -2.11. The summed E-state index contributed by atoms with van der Waals surface area (Å²) in [5.41, 5.74) is 2.02. The minimum Gasteiger partial charge on any atom is -0.483 e. The van der Waals surface area contributed by atoms with Gasteiger partial charge in [-0.25, -0.2) is 0 Å². The van der Waals surface area contributed by atoms with Crippen LogP contribution in [-0.2, 0) is 4.79 Å². The number of rotatable bonds is 5. The molecule has 2 heterocycles. The number of ether oxygens (including phenoxy) is 1. The first-order valence-corrected chi connectivity index (χ1v) is 8.65. The maximum Gasteiger partial charge on any atom is 0.264 e. The topological polar surface area (TPSA) is 64.1 Å². The van der Waals surface area contributed by atoms with E-state index in [2.05, 4.69) is 14.7 Å². The van der Waals surface area contributed by atoms with Crippen LogP contribution in [0.4, 0.5) is 5.13 Å². The molecule has 0 saturated heterocycles. The van der Waals surface area contributed by atoms with Gasteiger partial charge in [-0.1, -0.05) is 24.3 Å². The largest absolute Gasteiger partial charge is 0.483 e. The van der Waals surface area contributed by atoms with Crippen molar-refractivity contribution >= 4 is 33.9 Å². The molecule has 118 valence electrons. The molecule has 0 aliphatic heterocycles. The Hall–Kier alpha value is -2.25. The highest BCUT2D eigenvalue weighted by atomic mass is 32.1. The van der Waals surface area contributed by atoms with Gasteiger partial charge in [-0.05, 0) is 36.4 Å². The Bertz CT molecular complexity index is 792. The number of carbonyl (C=O) groups excluding carboxylic acids is 1. The number of aryl methyl sites for hydroxylation is 2. The van der Waals surface area contributed by atoms with E-state index in [9.17, 15) is 4.79 Å². The standard InChI is InChI=1S/C16H15N3O2S2/c1-10-5-3-6-11(2)14(10)21-9-13(20)17-16-18-15(19-23-16)12-7-4-8-22-12/h3-8H,9H2,1-2H3,(H,17,18,19,20). The molecule has 0 bridgehead atoms. The van der Waals surface area contributed by atoms with Crippen molar-refractivity contribution in [2.75, 3.05) is 11.9 Å². The maximum absolute atomic E-state index is 12.0. The summed E-state index contributed by atoms with van der Waals surface area (Å²) in [5.74, 6) is 1.14. The van der Waals surface area contributed by atoms with Gasteiger partial charge in [0, 0.05) is 11.5 Å². The number of thiophene rings is 1. The Morgan fingerprint density at radius 3 is 2.70 bits per heavy atom. The van der Waals surface area contributed by atoms with Crippen LogP contribution in [0.1, 0.15) is 11.1 Å². The van der Waals surface area contributed by atoms with E-state index < -0.39 is 0 Å². The minimum atomic E-state index is -0.249. The molecule has 1 N–H and O–H groups in total. The first kappa shape index (κ1) is 15.6. The van der Waals surface area contributed by atoms with Crippen LogP contribution in [0, 0.1) is 13.8 Å². The van der Waals surface area contributed by atoms with Crippen molar-refractivity contribution in [3.8, 4) is 16.5 Å². The highest BCUT2D eigenvalue weighted by Gasteiger charge is 2.12. The summed E-state index contributed by atoms with van der Waals surface area (Å²) in [6.07, 6.45) is 0. The van der Waals surface area contributed by atoms with Crippen LogP contribution in [-0.4, -0.2) is 21.9 Å². The first-order chi connectivity index (χ1) is 11.1. The smallest absolute Gasteiger partial charge is 0.264 e. The highest BCUT2D eigenvalue weighted by Crippen LogP contribution is 2.25. The fraction of sp³-hybridized carbons (Fsp3) is 0.188. The molecule has 0 saturated carbocycles. The number of amides is 1. The second kappa shape index (κ2) is 6.89. The Morgan fingerprint density at radius 1 is 1.22 bits per heavy atom. The number of anilines is 1. The third-order valence-corrected chi connectivity index (χ3v) is 4.67. The molecule has 0 unspecified atom stereocenters. The van der Waals surface area contributed by atoms with E-state index in [1.807, 2.05) is 49.6 Å². The van der Waals surface area contributed by atoms with Gasteiger partial charge in [0.15, 0.2) is 12.4 Å². The van der Waals surface area contributed by atoms with Gasteiger partial charge in [-0.3, -0.25) is 10.1 Å². The Labute approximate surface area is 142 Å². The molecule has 0 fully saturated rings. The summed E-state index contributed by atoms with van der Waals surface area (Å²) in [4.78, 5) is 17.3. The summed E-state index contributed by atoms with van der Waals surface area (Å²) >= 11 is 2.73.